The number of ether oxygens (including phenoxy) is 2. The van der Waals surface area contributed by atoms with Crippen LogP contribution in [0.25, 0.3) is 0 Å². The van der Waals surface area contributed by atoms with Crippen molar-refractivity contribution in [2.45, 2.75) is 38.0 Å². The first kappa shape index (κ1) is 12.7. The van der Waals surface area contributed by atoms with Gasteiger partial charge in [0.1, 0.15) is 11.5 Å². The molecule has 19 heavy (non-hydrogen) atoms. The zero-order valence-corrected chi connectivity index (χ0v) is 11.5. The van der Waals surface area contributed by atoms with Gasteiger partial charge in [0.05, 0.1) is 25.7 Å². The zero-order valence-electron chi connectivity index (χ0n) is 11.5. The molecule has 1 spiro atoms. The topological polar surface area (TPSA) is 55.8 Å². The Morgan fingerprint density at radius 3 is 3.05 bits per heavy atom. The molecule has 3 aliphatic rings. The third-order valence-corrected chi connectivity index (χ3v) is 4.73. The average Bonchev–Trinajstić information content (AvgIpc) is 3.05. The fourth-order valence-corrected chi connectivity index (χ4v) is 3.53. The number of hydrogen-bond donors (Lipinski definition) is 0. The second-order valence-electron chi connectivity index (χ2n) is 5.65. The molecule has 0 aromatic rings. The Morgan fingerprint density at radius 1 is 1.68 bits per heavy atom. The Hall–Kier alpha value is -1.36. The number of likely N-dealkylation sites (tertiary alicyclic amines) is 1. The monoisotopic (exact) mass is 265 g/mol. The Morgan fingerprint density at radius 2 is 2.42 bits per heavy atom. The molecule has 0 N–H and O–H groups in total. The van der Waals surface area contributed by atoms with Gasteiger partial charge in [0.15, 0.2) is 0 Å². The third-order valence-electron chi connectivity index (χ3n) is 4.73. The lowest BCUT2D eigenvalue weighted by Gasteiger charge is -2.26. The van der Waals surface area contributed by atoms with Gasteiger partial charge in [0, 0.05) is 6.04 Å². The molecule has 5 nitrogen and oxygen atoms in total. The van der Waals surface area contributed by atoms with E-state index in [2.05, 4.69) is 6.92 Å². The fourth-order valence-electron chi connectivity index (χ4n) is 3.53. The summed E-state index contributed by atoms with van der Waals surface area (Å²) < 4.78 is 10.8. The number of esters is 1. The number of amides is 1. The Bertz CT molecular complexity index is 460. The van der Waals surface area contributed by atoms with Gasteiger partial charge in [-0.1, -0.05) is 19.1 Å². The second-order valence-corrected chi connectivity index (χ2v) is 5.65. The maximum absolute atomic E-state index is 12.6. The molecule has 1 amide bonds. The third kappa shape index (κ3) is 1.51. The summed E-state index contributed by atoms with van der Waals surface area (Å²) >= 11 is 0. The first-order valence-electron chi connectivity index (χ1n) is 6.79. The van der Waals surface area contributed by atoms with Gasteiger partial charge < -0.3 is 14.4 Å². The van der Waals surface area contributed by atoms with Crippen LogP contribution in [0.1, 0.15) is 20.3 Å². The van der Waals surface area contributed by atoms with Crippen molar-refractivity contribution in [1.29, 1.82) is 0 Å². The maximum atomic E-state index is 12.6. The first-order valence-corrected chi connectivity index (χ1v) is 6.79. The van der Waals surface area contributed by atoms with Crippen LogP contribution in [0.3, 0.4) is 0 Å². The van der Waals surface area contributed by atoms with Crippen LogP contribution < -0.4 is 0 Å². The lowest BCUT2D eigenvalue weighted by Crippen LogP contribution is -2.40. The summed E-state index contributed by atoms with van der Waals surface area (Å²) in [6, 6.07) is 0.168. The summed E-state index contributed by atoms with van der Waals surface area (Å²) in [7, 11) is 1.36. The highest BCUT2D eigenvalue weighted by Crippen LogP contribution is 2.52. The summed E-state index contributed by atoms with van der Waals surface area (Å²) in [5, 5.41) is 0. The van der Waals surface area contributed by atoms with E-state index in [1.54, 1.807) is 0 Å². The molecule has 5 atom stereocenters. The highest BCUT2D eigenvalue weighted by atomic mass is 16.5. The Balaban J connectivity index is 1.95. The SMILES string of the molecule is CC[C@@H](C)N1C[C@]23C=C[C@@H](O2)[C@H](C(=O)OC)[C@@H]3C1=O. The predicted octanol–water partition coefficient (Wildman–Crippen LogP) is 0.740. The van der Waals surface area contributed by atoms with Crippen molar-refractivity contribution in [3.63, 3.8) is 0 Å². The minimum absolute atomic E-state index is 0.0246. The van der Waals surface area contributed by atoms with Crippen molar-refractivity contribution in [3.05, 3.63) is 12.2 Å². The number of carbonyl (C=O) groups excluding carboxylic acids is 2. The number of hydrogen-bond acceptors (Lipinski definition) is 4. The van der Waals surface area contributed by atoms with Crippen LogP contribution in [0.5, 0.6) is 0 Å². The summed E-state index contributed by atoms with van der Waals surface area (Å²) in [6.45, 7) is 4.63. The van der Waals surface area contributed by atoms with Gasteiger partial charge in [-0.05, 0) is 13.3 Å². The molecule has 0 saturated carbocycles. The summed E-state index contributed by atoms with van der Waals surface area (Å²) in [6.07, 6.45) is 4.44. The molecule has 2 fully saturated rings. The summed E-state index contributed by atoms with van der Waals surface area (Å²) in [4.78, 5) is 26.4. The summed E-state index contributed by atoms with van der Waals surface area (Å²) in [5.41, 5.74) is -0.607. The number of fused-ring (bicyclic) bond motifs is 1. The molecule has 5 heteroatoms. The van der Waals surface area contributed by atoms with Gasteiger partial charge in [-0.2, -0.15) is 0 Å². The van der Waals surface area contributed by atoms with E-state index < -0.39 is 17.4 Å². The first-order chi connectivity index (χ1) is 9.04. The van der Waals surface area contributed by atoms with Crippen LogP contribution in [0.15, 0.2) is 12.2 Å². The average molecular weight is 265 g/mol. The molecule has 3 rings (SSSR count). The number of nitrogens with zero attached hydrogens (tertiary/aromatic N) is 1. The van der Waals surface area contributed by atoms with Crippen LogP contribution in [-0.2, 0) is 19.1 Å². The highest BCUT2D eigenvalue weighted by molar-refractivity contribution is 5.91. The van der Waals surface area contributed by atoms with Crippen molar-refractivity contribution in [3.8, 4) is 0 Å². The molecule has 2 bridgehead atoms. The van der Waals surface area contributed by atoms with Gasteiger partial charge in [-0.3, -0.25) is 9.59 Å². The molecule has 0 radical (unpaired) electrons. The van der Waals surface area contributed by atoms with Gasteiger partial charge >= 0.3 is 5.97 Å². The van der Waals surface area contributed by atoms with Crippen LogP contribution in [0, 0.1) is 11.8 Å². The molecule has 3 heterocycles. The molecular formula is C14H19NO4. The van der Waals surface area contributed by atoms with Crippen molar-refractivity contribution in [2.24, 2.45) is 11.8 Å². The number of rotatable bonds is 3. The van der Waals surface area contributed by atoms with Crippen LogP contribution in [0.2, 0.25) is 0 Å². The van der Waals surface area contributed by atoms with E-state index in [-0.39, 0.29) is 24.0 Å². The molecule has 0 aromatic carbocycles. The van der Waals surface area contributed by atoms with E-state index in [0.717, 1.165) is 6.42 Å². The zero-order chi connectivity index (χ0) is 13.8. The highest BCUT2D eigenvalue weighted by Gasteiger charge is 2.67. The normalized spacial score (nSPS) is 40.7. The van der Waals surface area contributed by atoms with Gasteiger partial charge in [0.25, 0.3) is 0 Å². The fraction of sp³-hybridized carbons (Fsp3) is 0.714. The van der Waals surface area contributed by atoms with Crippen molar-refractivity contribution < 1.29 is 19.1 Å². The molecule has 0 aliphatic carbocycles. The van der Waals surface area contributed by atoms with Crippen LogP contribution >= 0.6 is 0 Å². The minimum atomic E-state index is -0.607. The van der Waals surface area contributed by atoms with Gasteiger partial charge in [-0.25, -0.2) is 0 Å². The van der Waals surface area contributed by atoms with E-state index in [1.165, 1.54) is 7.11 Å². The van der Waals surface area contributed by atoms with E-state index in [9.17, 15) is 9.59 Å². The molecule has 0 aromatic heterocycles. The molecule has 2 saturated heterocycles. The summed E-state index contributed by atoms with van der Waals surface area (Å²) in [5.74, 6) is -1.22. The standard InChI is InChI=1S/C14H19NO4/c1-4-8(2)15-7-14-6-5-9(19-14)10(13(17)18-3)11(14)12(15)16/h5-6,8-11H,4,7H2,1-3H3/t8-,9-,10+,11-,14+/m1/s1. The van der Waals surface area contributed by atoms with Crippen molar-refractivity contribution >= 4 is 11.9 Å². The van der Waals surface area contributed by atoms with E-state index in [0.29, 0.717) is 6.54 Å². The predicted molar refractivity (Wildman–Crippen MR) is 67.2 cm³/mol. The van der Waals surface area contributed by atoms with Crippen LogP contribution in [0.4, 0.5) is 0 Å². The van der Waals surface area contributed by atoms with Crippen molar-refractivity contribution in [1.82, 2.24) is 4.90 Å². The van der Waals surface area contributed by atoms with Gasteiger partial charge in [-0.15, -0.1) is 0 Å². The molecule has 104 valence electrons. The van der Waals surface area contributed by atoms with E-state index in [4.69, 9.17) is 9.47 Å². The smallest absolute Gasteiger partial charge is 0.312 e. The Kier molecular flexibility index (Phi) is 2.71. The lowest BCUT2D eigenvalue weighted by atomic mass is 9.77. The van der Waals surface area contributed by atoms with Crippen LogP contribution in [-0.4, -0.2) is 48.2 Å². The molecule has 0 unspecified atom stereocenters. The maximum Gasteiger partial charge on any atom is 0.312 e. The number of methoxy groups -OCH3 is 1. The Labute approximate surface area is 112 Å². The largest absolute Gasteiger partial charge is 0.469 e. The van der Waals surface area contributed by atoms with Crippen molar-refractivity contribution in [2.75, 3.05) is 13.7 Å². The number of carbonyl (C=O) groups is 2. The van der Waals surface area contributed by atoms with Gasteiger partial charge in [0.2, 0.25) is 5.91 Å². The molecular weight excluding hydrogens is 246 g/mol. The van der Waals surface area contributed by atoms with E-state index >= 15 is 0 Å². The second kappa shape index (κ2) is 4.07. The quantitative estimate of drug-likeness (QED) is 0.558. The molecule has 3 aliphatic heterocycles. The minimum Gasteiger partial charge on any atom is -0.469 e. The van der Waals surface area contributed by atoms with E-state index in [1.807, 2.05) is 24.0 Å². The lowest BCUT2D eigenvalue weighted by molar-refractivity contribution is -0.151.